The minimum atomic E-state index is -0.330. The fourth-order valence-electron chi connectivity index (χ4n) is 3.32. The van der Waals surface area contributed by atoms with Gasteiger partial charge in [0, 0.05) is 24.0 Å². The molecule has 4 rings (SSSR count). The molecule has 7 heteroatoms. The number of anilines is 1. The number of benzene rings is 2. The van der Waals surface area contributed by atoms with Crippen LogP contribution in [0.1, 0.15) is 12.5 Å². The Labute approximate surface area is 173 Å². The second-order valence-electron chi connectivity index (χ2n) is 6.93. The summed E-state index contributed by atoms with van der Waals surface area (Å²) in [5.41, 5.74) is 3.26. The third kappa shape index (κ3) is 4.00. The van der Waals surface area contributed by atoms with Gasteiger partial charge >= 0.3 is 0 Å². The van der Waals surface area contributed by atoms with Crippen LogP contribution in [0.2, 0.25) is 0 Å². The largest absolute Gasteiger partial charge is 0.334 e. The first-order chi connectivity index (χ1) is 14.5. The molecular weight excluding hydrogens is 383 g/mol. The lowest BCUT2D eigenvalue weighted by Gasteiger charge is -2.22. The molecule has 0 bridgehead atoms. The van der Waals surface area contributed by atoms with E-state index in [9.17, 15) is 9.18 Å². The van der Waals surface area contributed by atoms with Crippen molar-refractivity contribution in [2.75, 3.05) is 11.4 Å². The molecule has 0 radical (unpaired) electrons. The number of carbonyl (C=O) groups is 1. The summed E-state index contributed by atoms with van der Waals surface area (Å²) in [4.78, 5) is 19.2. The number of carbonyl (C=O) groups excluding carboxylic acids is 1. The number of amides is 1. The van der Waals surface area contributed by atoms with Gasteiger partial charge in [-0.05, 0) is 67.9 Å². The molecule has 30 heavy (non-hydrogen) atoms. The van der Waals surface area contributed by atoms with E-state index in [4.69, 9.17) is 4.52 Å². The van der Waals surface area contributed by atoms with Gasteiger partial charge < -0.3 is 14.0 Å². The Morgan fingerprint density at radius 2 is 1.93 bits per heavy atom. The summed E-state index contributed by atoms with van der Waals surface area (Å²) < 4.78 is 20.3. The topological polar surface area (TPSA) is 64.2 Å². The van der Waals surface area contributed by atoms with Crippen LogP contribution in [0.5, 0.6) is 0 Å². The third-order valence-electron chi connectivity index (χ3n) is 4.81. The molecule has 0 atom stereocenters. The summed E-state index contributed by atoms with van der Waals surface area (Å²) in [6, 6.07) is 17.4. The first kappa shape index (κ1) is 19.6. The molecule has 0 unspecified atom stereocenters. The SMILES string of the molecule is CCN(C(=O)Cn1cccc1-c1nc(-c2ccc(F)cc2)no1)c1cccc(C)c1. The summed E-state index contributed by atoms with van der Waals surface area (Å²) in [6.07, 6.45) is 1.80. The predicted molar refractivity (Wildman–Crippen MR) is 112 cm³/mol. The Hall–Kier alpha value is -3.74. The van der Waals surface area contributed by atoms with Gasteiger partial charge in [0.25, 0.3) is 5.89 Å². The van der Waals surface area contributed by atoms with E-state index in [1.54, 1.807) is 27.8 Å². The van der Waals surface area contributed by atoms with Crippen LogP contribution in [0, 0.1) is 12.7 Å². The predicted octanol–water partition coefficient (Wildman–Crippen LogP) is 4.71. The Morgan fingerprint density at radius 1 is 1.13 bits per heavy atom. The van der Waals surface area contributed by atoms with E-state index in [0.717, 1.165) is 11.3 Å². The van der Waals surface area contributed by atoms with Gasteiger partial charge in [0.05, 0.1) is 0 Å². The molecule has 0 aliphatic carbocycles. The zero-order valence-corrected chi connectivity index (χ0v) is 16.7. The van der Waals surface area contributed by atoms with Crippen molar-refractivity contribution in [3.63, 3.8) is 0 Å². The summed E-state index contributed by atoms with van der Waals surface area (Å²) >= 11 is 0. The number of likely N-dealkylation sites (N-methyl/N-ethyl adjacent to an activating group) is 1. The zero-order valence-electron chi connectivity index (χ0n) is 16.7. The molecule has 2 heterocycles. The van der Waals surface area contributed by atoms with Crippen LogP contribution >= 0.6 is 0 Å². The van der Waals surface area contributed by atoms with Crippen LogP contribution in [0.25, 0.3) is 23.0 Å². The standard InChI is InChI=1S/C23H21FN4O2/c1-3-28(19-7-4-6-16(2)14-19)21(29)15-27-13-5-8-20(27)23-25-22(26-30-23)17-9-11-18(24)12-10-17/h4-14H,3,15H2,1-2H3. The lowest BCUT2D eigenvalue weighted by molar-refractivity contribution is -0.119. The van der Waals surface area contributed by atoms with Crippen molar-refractivity contribution >= 4 is 11.6 Å². The van der Waals surface area contributed by atoms with Crippen LogP contribution in [-0.4, -0.2) is 27.2 Å². The average Bonchev–Trinajstić information content (AvgIpc) is 3.38. The van der Waals surface area contributed by atoms with Crippen molar-refractivity contribution in [2.24, 2.45) is 0 Å². The van der Waals surface area contributed by atoms with Gasteiger partial charge in [0.2, 0.25) is 11.7 Å². The number of halogens is 1. The Kier molecular flexibility index (Phi) is 5.43. The van der Waals surface area contributed by atoms with E-state index < -0.39 is 0 Å². The van der Waals surface area contributed by atoms with Crippen LogP contribution in [0.15, 0.2) is 71.4 Å². The molecule has 0 aliphatic heterocycles. The molecule has 2 aromatic heterocycles. The monoisotopic (exact) mass is 404 g/mol. The molecule has 2 aromatic carbocycles. The van der Waals surface area contributed by atoms with Gasteiger partial charge in [0.1, 0.15) is 18.1 Å². The Balaban J connectivity index is 1.56. The lowest BCUT2D eigenvalue weighted by Crippen LogP contribution is -2.33. The summed E-state index contributed by atoms with van der Waals surface area (Å²) in [5, 5.41) is 3.98. The number of aromatic nitrogens is 3. The van der Waals surface area contributed by atoms with Crippen molar-refractivity contribution < 1.29 is 13.7 Å². The van der Waals surface area contributed by atoms with Crippen molar-refractivity contribution in [1.29, 1.82) is 0 Å². The third-order valence-corrected chi connectivity index (χ3v) is 4.81. The number of hydrogen-bond donors (Lipinski definition) is 0. The van der Waals surface area contributed by atoms with Crippen LogP contribution in [0.3, 0.4) is 0 Å². The lowest BCUT2D eigenvalue weighted by atomic mass is 10.2. The molecular formula is C23H21FN4O2. The molecule has 1 amide bonds. The maximum Gasteiger partial charge on any atom is 0.274 e. The van der Waals surface area contributed by atoms with Gasteiger partial charge in [-0.3, -0.25) is 4.79 Å². The molecule has 0 spiro atoms. The number of nitrogens with zero attached hydrogens (tertiary/aromatic N) is 4. The minimum Gasteiger partial charge on any atom is -0.334 e. The number of aryl methyl sites for hydroxylation is 1. The fourth-order valence-corrected chi connectivity index (χ4v) is 3.32. The van der Waals surface area contributed by atoms with Gasteiger partial charge in [-0.15, -0.1) is 0 Å². The second-order valence-corrected chi connectivity index (χ2v) is 6.93. The number of rotatable bonds is 6. The van der Waals surface area contributed by atoms with Crippen LogP contribution in [-0.2, 0) is 11.3 Å². The van der Waals surface area contributed by atoms with E-state index in [2.05, 4.69) is 10.1 Å². The van der Waals surface area contributed by atoms with Crippen LogP contribution < -0.4 is 4.90 Å². The van der Waals surface area contributed by atoms with Crippen LogP contribution in [0.4, 0.5) is 10.1 Å². The normalized spacial score (nSPS) is 10.9. The van der Waals surface area contributed by atoms with E-state index in [1.165, 1.54) is 12.1 Å². The maximum absolute atomic E-state index is 13.1. The summed E-state index contributed by atoms with van der Waals surface area (Å²) in [6.45, 7) is 4.65. The van der Waals surface area contributed by atoms with Crippen molar-refractivity contribution in [1.82, 2.24) is 14.7 Å². The van der Waals surface area contributed by atoms with Crippen molar-refractivity contribution in [2.45, 2.75) is 20.4 Å². The smallest absolute Gasteiger partial charge is 0.274 e. The molecule has 152 valence electrons. The summed E-state index contributed by atoms with van der Waals surface area (Å²) in [7, 11) is 0. The molecule has 0 N–H and O–H groups in total. The average molecular weight is 404 g/mol. The molecule has 0 saturated carbocycles. The van der Waals surface area contributed by atoms with Gasteiger partial charge in [0.15, 0.2) is 0 Å². The number of hydrogen-bond acceptors (Lipinski definition) is 4. The first-order valence-electron chi connectivity index (χ1n) is 9.67. The summed E-state index contributed by atoms with van der Waals surface area (Å²) in [5.74, 6) is 0.285. The first-order valence-corrected chi connectivity index (χ1v) is 9.67. The van der Waals surface area contributed by atoms with E-state index in [0.29, 0.717) is 29.5 Å². The van der Waals surface area contributed by atoms with E-state index in [1.807, 2.05) is 50.2 Å². The highest BCUT2D eigenvalue weighted by atomic mass is 19.1. The quantitative estimate of drug-likeness (QED) is 0.467. The highest BCUT2D eigenvalue weighted by molar-refractivity contribution is 5.93. The second kappa shape index (κ2) is 8.32. The fraction of sp³-hybridized carbons (Fsp3) is 0.174. The zero-order chi connectivity index (χ0) is 21.1. The van der Waals surface area contributed by atoms with E-state index >= 15 is 0 Å². The molecule has 4 aromatic rings. The van der Waals surface area contributed by atoms with E-state index in [-0.39, 0.29) is 18.3 Å². The molecule has 0 fully saturated rings. The van der Waals surface area contributed by atoms with Gasteiger partial charge in [-0.1, -0.05) is 17.3 Å². The molecule has 0 saturated heterocycles. The molecule has 6 nitrogen and oxygen atoms in total. The molecule has 0 aliphatic rings. The van der Waals surface area contributed by atoms with Crippen molar-refractivity contribution in [3.8, 4) is 23.0 Å². The Morgan fingerprint density at radius 3 is 2.67 bits per heavy atom. The van der Waals surface area contributed by atoms with Gasteiger partial charge in [-0.2, -0.15) is 4.98 Å². The highest BCUT2D eigenvalue weighted by Crippen LogP contribution is 2.24. The van der Waals surface area contributed by atoms with Crippen molar-refractivity contribution in [3.05, 3.63) is 78.2 Å². The Bertz CT molecular complexity index is 1160. The highest BCUT2D eigenvalue weighted by Gasteiger charge is 2.19. The van der Waals surface area contributed by atoms with Gasteiger partial charge in [-0.25, -0.2) is 4.39 Å². The minimum absolute atomic E-state index is 0.0428. The maximum atomic E-state index is 13.1.